The number of nitrogens with one attached hydrogen (secondary N) is 2. The van der Waals surface area contributed by atoms with E-state index in [4.69, 9.17) is 4.74 Å². The van der Waals surface area contributed by atoms with Gasteiger partial charge in [0, 0.05) is 31.1 Å². The van der Waals surface area contributed by atoms with Crippen LogP contribution in [-0.4, -0.2) is 37.1 Å². The second kappa shape index (κ2) is 8.21. The van der Waals surface area contributed by atoms with Gasteiger partial charge in [0.1, 0.15) is 5.69 Å². The highest BCUT2D eigenvalue weighted by molar-refractivity contribution is 6.04. The van der Waals surface area contributed by atoms with Crippen molar-refractivity contribution in [2.75, 3.05) is 25.6 Å². The van der Waals surface area contributed by atoms with Gasteiger partial charge in [-0.15, -0.1) is 0 Å². The summed E-state index contributed by atoms with van der Waals surface area (Å²) in [5, 5.41) is 5.51. The van der Waals surface area contributed by atoms with Gasteiger partial charge in [0.2, 0.25) is 0 Å². The Balaban J connectivity index is 2.09. The van der Waals surface area contributed by atoms with E-state index in [9.17, 15) is 9.59 Å². The molecule has 0 aliphatic heterocycles. The van der Waals surface area contributed by atoms with Gasteiger partial charge in [-0.1, -0.05) is 6.07 Å². The number of pyridine rings is 1. The van der Waals surface area contributed by atoms with E-state index in [0.29, 0.717) is 24.4 Å². The summed E-state index contributed by atoms with van der Waals surface area (Å²) in [5.74, 6) is -0.624. The molecule has 0 unspecified atom stereocenters. The zero-order valence-electron chi connectivity index (χ0n) is 14.1. The molecule has 2 rings (SSSR count). The number of aryl methyl sites for hydroxylation is 2. The van der Waals surface area contributed by atoms with Crippen LogP contribution in [0.25, 0.3) is 0 Å². The van der Waals surface area contributed by atoms with Crippen LogP contribution in [0.5, 0.6) is 0 Å². The molecule has 6 nitrogen and oxygen atoms in total. The van der Waals surface area contributed by atoms with Gasteiger partial charge in [-0.2, -0.15) is 0 Å². The number of ether oxygens (including phenoxy) is 1. The van der Waals surface area contributed by atoms with Crippen LogP contribution in [0.3, 0.4) is 0 Å². The first-order chi connectivity index (χ1) is 11.5. The molecule has 0 aliphatic rings. The number of nitrogens with zero attached hydrogens (tertiary/aromatic N) is 1. The lowest BCUT2D eigenvalue weighted by Crippen LogP contribution is -2.27. The number of carbonyl (C=O) groups is 2. The van der Waals surface area contributed by atoms with Crippen molar-refractivity contribution in [3.63, 3.8) is 0 Å². The smallest absolute Gasteiger partial charge is 0.274 e. The lowest BCUT2D eigenvalue weighted by atomic mass is 10.1. The first-order valence-electron chi connectivity index (χ1n) is 7.62. The predicted molar refractivity (Wildman–Crippen MR) is 92.3 cm³/mol. The number of benzene rings is 1. The van der Waals surface area contributed by atoms with E-state index in [1.165, 1.54) is 12.3 Å². The Kier molecular flexibility index (Phi) is 6.03. The van der Waals surface area contributed by atoms with Crippen LogP contribution >= 0.6 is 0 Å². The molecular weight excluding hydrogens is 306 g/mol. The highest BCUT2D eigenvalue weighted by Gasteiger charge is 2.12. The van der Waals surface area contributed by atoms with Crippen molar-refractivity contribution in [2.24, 2.45) is 0 Å². The van der Waals surface area contributed by atoms with Crippen LogP contribution in [0.4, 0.5) is 5.69 Å². The van der Waals surface area contributed by atoms with Crippen molar-refractivity contribution in [3.8, 4) is 0 Å². The Morgan fingerprint density at radius 2 is 1.79 bits per heavy atom. The zero-order valence-corrected chi connectivity index (χ0v) is 14.1. The van der Waals surface area contributed by atoms with E-state index < -0.39 is 0 Å². The minimum Gasteiger partial charge on any atom is -0.383 e. The molecule has 0 aliphatic carbocycles. The molecule has 1 aromatic heterocycles. The van der Waals surface area contributed by atoms with Gasteiger partial charge < -0.3 is 15.4 Å². The molecule has 126 valence electrons. The number of aromatic nitrogens is 1. The van der Waals surface area contributed by atoms with Gasteiger partial charge in [-0.05, 0) is 49.2 Å². The van der Waals surface area contributed by atoms with Crippen LogP contribution < -0.4 is 10.6 Å². The molecular formula is C18H21N3O3. The molecule has 2 amide bonds. The van der Waals surface area contributed by atoms with Gasteiger partial charge in [0.05, 0.1) is 6.61 Å². The van der Waals surface area contributed by atoms with E-state index in [2.05, 4.69) is 15.6 Å². The molecule has 24 heavy (non-hydrogen) atoms. The van der Waals surface area contributed by atoms with Crippen molar-refractivity contribution in [3.05, 3.63) is 58.9 Å². The van der Waals surface area contributed by atoms with Gasteiger partial charge in [0.15, 0.2) is 0 Å². The zero-order chi connectivity index (χ0) is 17.5. The third-order valence-electron chi connectivity index (χ3n) is 3.33. The third-order valence-corrected chi connectivity index (χ3v) is 3.33. The maximum Gasteiger partial charge on any atom is 0.274 e. The van der Waals surface area contributed by atoms with E-state index in [1.807, 2.05) is 32.0 Å². The van der Waals surface area contributed by atoms with Crippen molar-refractivity contribution in [1.29, 1.82) is 0 Å². The Morgan fingerprint density at radius 3 is 2.46 bits per heavy atom. The molecule has 0 atom stereocenters. The number of carbonyl (C=O) groups excluding carboxylic acids is 2. The Morgan fingerprint density at radius 1 is 1.08 bits per heavy atom. The number of rotatable bonds is 6. The molecule has 1 heterocycles. The molecule has 0 fully saturated rings. The molecule has 0 saturated heterocycles. The highest BCUT2D eigenvalue weighted by atomic mass is 16.5. The van der Waals surface area contributed by atoms with E-state index >= 15 is 0 Å². The second-order valence-corrected chi connectivity index (χ2v) is 5.51. The summed E-state index contributed by atoms with van der Waals surface area (Å²) in [5.41, 5.74) is 3.39. The van der Waals surface area contributed by atoms with Crippen molar-refractivity contribution < 1.29 is 14.3 Å². The summed E-state index contributed by atoms with van der Waals surface area (Å²) >= 11 is 0. The van der Waals surface area contributed by atoms with Crippen LogP contribution in [0.1, 0.15) is 32.0 Å². The van der Waals surface area contributed by atoms with Crippen molar-refractivity contribution in [1.82, 2.24) is 10.3 Å². The minimum atomic E-state index is -0.355. The average Bonchev–Trinajstić information content (AvgIpc) is 2.54. The van der Waals surface area contributed by atoms with Crippen molar-refractivity contribution in [2.45, 2.75) is 13.8 Å². The summed E-state index contributed by atoms with van der Waals surface area (Å²) in [7, 11) is 1.56. The highest BCUT2D eigenvalue weighted by Crippen LogP contribution is 2.15. The maximum absolute atomic E-state index is 12.3. The Labute approximate surface area is 141 Å². The number of methoxy groups -OCH3 is 1. The van der Waals surface area contributed by atoms with Crippen LogP contribution in [0.15, 0.2) is 36.5 Å². The van der Waals surface area contributed by atoms with Crippen molar-refractivity contribution >= 4 is 17.5 Å². The van der Waals surface area contributed by atoms with E-state index in [1.54, 1.807) is 13.2 Å². The minimum absolute atomic E-state index is 0.188. The SMILES string of the molecule is COCCNC(=O)c1ccnc(C(=O)Nc2cc(C)cc(C)c2)c1. The molecule has 0 radical (unpaired) electrons. The number of anilines is 1. The molecule has 1 aromatic carbocycles. The van der Waals surface area contributed by atoms with E-state index in [-0.39, 0.29) is 17.5 Å². The summed E-state index contributed by atoms with van der Waals surface area (Å²) in [4.78, 5) is 28.4. The summed E-state index contributed by atoms with van der Waals surface area (Å²) in [6.45, 7) is 4.76. The molecule has 6 heteroatoms. The monoisotopic (exact) mass is 327 g/mol. The molecule has 0 saturated carbocycles. The summed E-state index contributed by atoms with van der Waals surface area (Å²) in [6.07, 6.45) is 1.45. The molecule has 0 spiro atoms. The fourth-order valence-electron chi connectivity index (χ4n) is 2.31. The fraction of sp³-hybridized carbons (Fsp3) is 0.278. The largest absolute Gasteiger partial charge is 0.383 e. The summed E-state index contributed by atoms with van der Waals surface area (Å²) < 4.78 is 4.88. The first kappa shape index (κ1) is 17.6. The van der Waals surface area contributed by atoms with Gasteiger partial charge in [0.25, 0.3) is 11.8 Å². The maximum atomic E-state index is 12.3. The topological polar surface area (TPSA) is 80.3 Å². The van der Waals surface area contributed by atoms with E-state index in [0.717, 1.165) is 11.1 Å². The molecule has 0 bridgehead atoms. The Hall–Kier alpha value is -2.73. The van der Waals surface area contributed by atoms with Gasteiger partial charge >= 0.3 is 0 Å². The standard InChI is InChI=1S/C18H21N3O3/c1-12-8-13(2)10-15(9-12)21-18(23)16-11-14(4-5-19-16)17(22)20-6-7-24-3/h4-5,8-11H,6-7H2,1-3H3,(H,20,22)(H,21,23). The molecule has 2 aromatic rings. The fourth-order valence-corrected chi connectivity index (χ4v) is 2.31. The summed E-state index contributed by atoms with van der Waals surface area (Å²) in [6, 6.07) is 8.83. The second-order valence-electron chi connectivity index (χ2n) is 5.51. The average molecular weight is 327 g/mol. The molecule has 2 N–H and O–H groups in total. The first-order valence-corrected chi connectivity index (χ1v) is 7.62. The van der Waals surface area contributed by atoms with Gasteiger partial charge in [-0.25, -0.2) is 0 Å². The van der Waals surface area contributed by atoms with Crippen LogP contribution in [0, 0.1) is 13.8 Å². The quantitative estimate of drug-likeness (QED) is 0.798. The van der Waals surface area contributed by atoms with Crippen LogP contribution in [0.2, 0.25) is 0 Å². The predicted octanol–water partition coefficient (Wildman–Crippen LogP) is 2.33. The number of amides is 2. The normalized spacial score (nSPS) is 10.3. The van der Waals surface area contributed by atoms with Crippen LogP contribution in [-0.2, 0) is 4.74 Å². The number of hydrogen-bond acceptors (Lipinski definition) is 4. The number of hydrogen-bond donors (Lipinski definition) is 2. The van der Waals surface area contributed by atoms with Gasteiger partial charge in [-0.3, -0.25) is 14.6 Å². The lowest BCUT2D eigenvalue weighted by molar-refractivity contribution is 0.0937. The lowest BCUT2D eigenvalue weighted by Gasteiger charge is -2.08. The Bertz CT molecular complexity index is 724. The third kappa shape index (κ3) is 4.89.